The van der Waals surface area contributed by atoms with Crippen LogP contribution in [-0.2, 0) is 6.42 Å². The summed E-state index contributed by atoms with van der Waals surface area (Å²) in [4.78, 5) is 18.2. The monoisotopic (exact) mass is 385 g/mol. The summed E-state index contributed by atoms with van der Waals surface area (Å²) >= 11 is 1.10. The minimum atomic E-state index is -0.754. The van der Waals surface area contributed by atoms with Crippen molar-refractivity contribution in [1.29, 1.82) is 0 Å². The van der Waals surface area contributed by atoms with E-state index < -0.39 is 29.9 Å². The van der Waals surface area contributed by atoms with Crippen molar-refractivity contribution in [1.82, 2.24) is 9.88 Å². The molecule has 0 aliphatic carbocycles. The van der Waals surface area contributed by atoms with Gasteiger partial charge in [0, 0.05) is 36.1 Å². The van der Waals surface area contributed by atoms with Crippen LogP contribution >= 0.6 is 11.3 Å². The third kappa shape index (κ3) is 5.72. The molecule has 0 fully saturated rings. The van der Waals surface area contributed by atoms with Gasteiger partial charge in [-0.3, -0.25) is 5.32 Å². The Kier molecular flexibility index (Phi) is 7.01. The van der Waals surface area contributed by atoms with Gasteiger partial charge in [0.15, 0.2) is 5.13 Å². The molecular weight excluding hydrogens is 364 g/mol. The lowest BCUT2D eigenvalue weighted by Crippen LogP contribution is -2.43. The summed E-state index contributed by atoms with van der Waals surface area (Å²) in [5.41, 5.74) is -0.0566. The molecule has 0 radical (unpaired) electrons. The number of amides is 2. The number of urea groups is 1. The highest BCUT2D eigenvalue weighted by Crippen LogP contribution is 2.24. The number of aliphatic hydroxyl groups excluding tert-OH is 2. The van der Waals surface area contributed by atoms with Crippen LogP contribution in [0.1, 0.15) is 24.3 Å². The van der Waals surface area contributed by atoms with Gasteiger partial charge in [0.2, 0.25) is 0 Å². The van der Waals surface area contributed by atoms with Gasteiger partial charge in [-0.1, -0.05) is 6.07 Å². The molecule has 0 saturated carbocycles. The Hall–Kier alpha value is -2.10. The minimum Gasteiger partial charge on any atom is -0.392 e. The van der Waals surface area contributed by atoms with Crippen LogP contribution in [0.5, 0.6) is 0 Å². The molecule has 0 bridgehead atoms. The molecule has 0 spiro atoms. The number of carbonyl (C=O) groups excluding carboxylic acids is 1. The Labute approximate surface area is 154 Å². The number of hydrogen-bond donors (Lipinski definition) is 3. The number of aromatic nitrogens is 1. The second-order valence-electron chi connectivity index (χ2n) is 6.04. The molecule has 2 rings (SSSR count). The molecule has 2 atom stereocenters. The maximum atomic E-state index is 13.7. The van der Waals surface area contributed by atoms with Crippen LogP contribution in [0.2, 0.25) is 0 Å². The molecular formula is C17H21F2N3O3S. The molecule has 26 heavy (non-hydrogen) atoms. The third-order valence-electron chi connectivity index (χ3n) is 3.44. The van der Waals surface area contributed by atoms with E-state index in [1.165, 1.54) is 43.1 Å². The summed E-state index contributed by atoms with van der Waals surface area (Å²) in [6, 6.07) is 3.15. The highest BCUT2D eigenvalue weighted by Gasteiger charge is 2.19. The van der Waals surface area contributed by atoms with Crippen molar-refractivity contribution in [2.75, 3.05) is 18.4 Å². The molecule has 1 aromatic heterocycles. The second-order valence-corrected chi connectivity index (χ2v) is 7.16. The number of nitrogens with zero attached hydrogens (tertiary/aromatic N) is 2. The first kappa shape index (κ1) is 20.2. The Morgan fingerprint density at radius 3 is 2.35 bits per heavy atom. The summed E-state index contributed by atoms with van der Waals surface area (Å²) in [6.07, 6.45) is -0.0394. The van der Waals surface area contributed by atoms with Crippen molar-refractivity contribution in [2.45, 2.75) is 32.5 Å². The zero-order valence-corrected chi connectivity index (χ0v) is 15.3. The van der Waals surface area contributed by atoms with Crippen LogP contribution in [0.15, 0.2) is 24.4 Å². The summed E-state index contributed by atoms with van der Waals surface area (Å²) < 4.78 is 27.4. The summed E-state index contributed by atoms with van der Waals surface area (Å²) in [5, 5.41) is 21.8. The fraction of sp³-hybridized carbons (Fsp3) is 0.412. The highest BCUT2D eigenvalue weighted by atomic mass is 32.1. The number of rotatable bonds is 7. The lowest BCUT2D eigenvalue weighted by molar-refractivity contribution is 0.101. The third-order valence-corrected chi connectivity index (χ3v) is 4.35. The van der Waals surface area contributed by atoms with Crippen LogP contribution in [0.25, 0.3) is 0 Å². The lowest BCUT2D eigenvalue weighted by atomic mass is 10.1. The van der Waals surface area contributed by atoms with Gasteiger partial charge in [0.05, 0.1) is 12.2 Å². The standard InChI is InChI=1S/C17H21F2N3O3S/c1-10(23)8-22(9-11(2)24)17(25)21-16-20-7-12(26-16)6-13-14(18)4-3-5-15(13)19/h3-5,7,10-11,23-24H,6,8-9H2,1-2H3,(H,20,21,25). The Balaban J connectivity index is 2.05. The van der Waals surface area contributed by atoms with Crippen molar-refractivity contribution in [2.24, 2.45) is 0 Å². The average Bonchev–Trinajstić information content (AvgIpc) is 2.96. The number of nitrogens with one attached hydrogen (secondary N) is 1. The summed E-state index contributed by atoms with van der Waals surface area (Å²) in [7, 11) is 0. The zero-order valence-electron chi connectivity index (χ0n) is 14.4. The van der Waals surface area contributed by atoms with Gasteiger partial charge in [0.25, 0.3) is 0 Å². The number of carbonyl (C=O) groups is 1. The Bertz CT molecular complexity index is 722. The largest absolute Gasteiger partial charge is 0.392 e. The number of hydrogen-bond acceptors (Lipinski definition) is 5. The zero-order chi connectivity index (χ0) is 19.3. The van der Waals surface area contributed by atoms with Crippen molar-refractivity contribution >= 4 is 22.5 Å². The van der Waals surface area contributed by atoms with E-state index in [1.54, 1.807) is 0 Å². The van der Waals surface area contributed by atoms with Crippen LogP contribution in [0.3, 0.4) is 0 Å². The topological polar surface area (TPSA) is 85.7 Å². The number of benzene rings is 1. The summed E-state index contributed by atoms with van der Waals surface area (Å²) in [5.74, 6) is -1.27. The maximum absolute atomic E-state index is 13.7. The Morgan fingerprint density at radius 2 is 1.81 bits per heavy atom. The van der Waals surface area contributed by atoms with Crippen molar-refractivity contribution < 1.29 is 23.8 Å². The van der Waals surface area contributed by atoms with E-state index in [-0.39, 0.29) is 30.2 Å². The number of aliphatic hydroxyl groups is 2. The first-order valence-electron chi connectivity index (χ1n) is 8.06. The van der Waals surface area contributed by atoms with E-state index in [0.717, 1.165) is 11.3 Å². The number of thiazole rings is 1. The predicted octanol–water partition coefficient (Wildman–Crippen LogP) is 2.61. The first-order valence-corrected chi connectivity index (χ1v) is 8.87. The molecule has 0 saturated heterocycles. The van der Waals surface area contributed by atoms with Crippen LogP contribution < -0.4 is 5.32 Å². The fourth-order valence-electron chi connectivity index (χ4n) is 2.37. The smallest absolute Gasteiger partial charge is 0.323 e. The molecule has 1 aromatic carbocycles. The van der Waals surface area contributed by atoms with Gasteiger partial charge in [0.1, 0.15) is 11.6 Å². The molecule has 2 unspecified atom stereocenters. The molecule has 2 amide bonds. The van der Waals surface area contributed by atoms with Gasteiger partial charge in [-0.15, -0.1) is 11.3 Å². The molecule has 0 aliphatic rings. The minimum absolute atomic E-state index is 0.0249. The molecule has 6 nitrogen and oxygen atoms in total. The van der Waals surface area contributed by atoms with Gasteiger partial charge in [-0.2, -0.15) is 0 Å². The summed E-state index contributed by atoms with van der Waals surface area (Å²) in [6.45, 7) is 3.17. The van der Waals surface area contributed by atoms with Crippen LogP contribution in [0, 0.1) is 11.6 Å². The van der Waals surface area contributed by atoms with E-state index in [0.29, 0.717) is 4.88 Å². The van der Waals surface area contributed by atoms with E-state index >= 15 is 0 Å². The van der Waals surface area contributed by atoms with E-state index in [9.17, 15) is 23.8 Å². The van der Waals surface area contributed by atoms with Gasteiger partial charge in [-0.05, 0) is 26.0 Å². The van der Waals surface area contributed by atoms with Crippen LogP contribution in [-0.4, -0.2) is 51.4 Å². The molecule has 1 heterocycles. The van der Waals surface area contributed by atoms with E-state index in [1.807, 2.05) is 0 Å². The van der Waals surface area contributed by atoms with Crippen molar-refractivity contribution in [3.05, 3.63) is 46.5 Å². The van der Waals surface area contributed by atoms with Crippen molar-refractivity contribution in [3.63, 3.8) is 0 Å². The number of anilines is 1. The van der Waals surface area contributed by atoms with Gasteiger partial charge in [-0.25, -0.2) is 18.6 Å². The molecule has 9 heteroatoms. The Morgan fingerprint density at radius 1 is 1.23 bits per heavy atom. The van der Waals surface area contributed by atoms with E-state index in [4.69, 9.17) is 0 Å². The molecule has 0 aliphatic heterocycles. The van der Waals surface area contributed by atoms with Gasteiger partial charge >= 0.3 is 6.03 Å². The lowest BCUT2D eigenvalue weighted by Gasteiger charge is -2.25. The normalized spacial score (nSPS) is 13.3. The molecule has 142 valence electrons. The first-order chi connectivity index (χ1) is 12.3. The number of halogens is 2. The average molecular weight is 385 g/mol. The van der Waals surface area contributed by atoms with Crippen molar-refractivity contribution in [3.8, 4) is 0 Å². The molecule has 3 N–H and O–H groups in total. The van der Waals surface area contributed by atoms with E-state index in [2.05, 4.69) is 10.3 Å². The quantitative estimate of drug-likeness (QED) is 0.684. The van der Waals surface area contributed by atoms with Crippen LogP contribution in [0.4, 0.5) is 18.7 Å². The van der Waals surface area contributed by atoms with Gasteiger partial charge < -0.3 is 15.1 Å². The second kappa shape index (κ2) is 9.02. The molecule has 2 aromatic rings. The SMILES string of the molecule is CC(O)CN(CC(C)O)C(=O)Nc1ncc(Cc2c(F)cccc2F)s1. The maximum Gasteiger partial charge on any atom is 0.323 e. The predicted molar refractivity (Wildman–Crippen MR) is 95.2 cm³/mol. The highest BCUT2D eigenvalue weighted by molar-refractivity contribution is 7.15. The fourth-order valence-corrected chi connectivity index (χ4v) is 3.19.